The molecule has 162 valence electrons. The zero-order valence-electron chi connectivity index (χ0n) is 18.4. The molecule has 0 aliphatic rings. The van der Waals surface area contributed by atoms with Gasteiger partial charge in [-0.1, -0.05) is 30.4 Å². The van der Waals surface area contributed by atoms with Gasteiger partial charge in [-0.25, -0.2) is 0 Å². The zero-order valence-corrected chi connectivity index (χ0v) is 21.5. The summed E-state index contributed by atoms with van der Waals surface area (Å²) in [5.74, 6) is 0.145. The van der Waals surface area contributed by atoms with E-state index >= 15 is 0 Å². The van der Waals surface area contributed by atoms with Crippen molar-refractivity contribution in [1.29, 1.82) is 0 Å². The maximum atomic E-state index is 12.4. The number of rotatable bonds is 7. The molecule has 0 N–H and O–H groups in total. The third kappa shape index (κ3) is 8.11. The minimum Gasteiger partial charge on any atom is -0.497 e. The SMILES string of the molecule is C[N-]/C(=N/OC)c1cccc(C)c1CO/N=C(\C)c1ccc(OC(F)(F)F)cc1C.[K+]. The summed E-state index contributed by atoms with van der Waals surface area (Å²) in [6.45, 7) is 5.48. The van der Waals surface area contributed by atoms with Crippen molar-refractivity contribution in [1.82, 2.24) is 0 Å². The van der Waals surface area contributed by atoms with Gasteiger partial charge in [-0.05, 0) is 61.5 Å². The number of halogens is 3. The second kappa shape index (κ2) is 12.4. The Labute approximate surface area is 222 Å². The number of alkyl halides is 3. The molecule has 0 heterocycles. The quantitative estimate of drug-likeness (QED) is 0.275. The largest absolute Gasteiger partial charge is 1.00 e. The Morgan fingerprint density at radius 2 is 1.74 bits per heavy atom. The van der Waals surface area contributed by atoms with E-state index < -0.39 is 6.36 Å². The molecule has 10 heteroatoms. The standard InChI is InChI=1S/C21H23F3N3O3.K/c1-13-7-6-8-18(20(25-4)27-28-5)19(13)12-29-26-15(3)17-10-9-16(11-14(17)2)30-21(22,23)24;/h6-11H,12H2,1-5H3;/q-1;+1/b26-15+;. The fourth-order valence-corrected chi connectivity index (χ4v) is 2.88. The molecule has 0 amide bonds. The predicted octanol–water partition coefficient (Wildman–Crippen LogP) is 2.46. The monoisotopic (exact) mass is 461 g/mol. The van der Waals surface area contributed by atoms with Crippen molar-refractivity contribution >= 4 is 11.5 Å². The second-order valence-electron chi connectivity index (χ2n) is 6.40. The van der Waals surface area contributed by atoms with Crippen LogP contribution in [-0.4, -0.2) is 32.1 Å². The molecule has 0 saturated carbocycles. The minimum atomic E-state index is -4.73. The predicted molar refractivity (Wildman–Crippen MR) is 109 cm³/mol. The van der Waals surface area contributed by atoms with Crippen LogP contribution in [0.5, 0.6) is 5.75 Å². The van der Waals surface area contributed by atoms with Crippen LogP contribution in [0.3, 0.4) is 0 Å². The van der Waals surface area contributed by atoms with Gasteiger partial charge in [0.2, 0.25) is 0 Å². The van der Waals surface area contributed by atoms with E-state index in [0.717, 1.165) is 16.7 Å². The Morgan fingerprint density at radius 3 is 2.32 bits per heavy atom. The summed E-state index contributed by atoms with van der Waals surface area (Å²) < 4.78 is 41.0. The van der Waals surface area contributed by atoms with Crippen LogP contribution in [-0.2, 0) is 16.3 Å². The molecule has 2 aromatic carbocycles. The molecule has 31 heavy (non-hydrogen) atoms. The number of oxime groups is 2. The van der Waals surface area contributed by atoms with Crippen molar-refractivity contribution in [3.8, 4) is 5.75 Å². The molecule has 2 rings (SSSR count). The van der Waals surface area contributed by atoms with E-state index in [1.807, 2.05) is 25.1 Å². The molecule has 6 nitrogen and oxygen atoms in total. The first-order valence-corrected chi connectivity index (χ1v) is 8.99. The van der Waals surface area contributed by atoms with E-state index in [4.69, 9.17) is 9.68 Å². The summed E-state index contributed by atoms with van der Waals surface area (Å²) in [5, 5.41) is 12.2. The normalized spacial score (nSPS) is 12.1. The first-order valence-electron chi connectivity index (χ1n) is 8.99. The van der Waals surface area contributed by atoms with Gasteiger partial charge in [-0.15, -0.1) is 13.2 Å². The number of hydrogen-bond acceptors (Lipinski definition) is 5. The Bertz CT molecular complexity index is 947. The van der Waals surface area contributed by atoms with E-state index in [9.17, 15) is 13.2 Å². The molecular weight excluding hydrogens is 438 g/mol. The van der Waals surface area contributed by atoms with Crippen LogP contribution in [0.2, 0.25) is 0 Å². The van der Waals surface area contributed by atoms with Crippen LogP contribution in [0, 0.1) is 13.8 Å². The van der Waals surface area contributed by atoms with Gasteiger partial charge >= 0.3 is 57.7 Å². The summed E-state index contributed by atoms with van der Waals surface area (Å²) in [6, 6.07) is 9.73. The van der Waals surface area contributed by atoms with Crippen molar-refractivity contribution in [3.63, 3.8) is 0 Å². The molecule has 0 aromatic heterocycles. The first kappa shape index (κ1) is 27.4. The summed E-state index contributed by atoms with van der Waals surface area (Å²) in [5.41, 5.74) is 4.33. The Hall–Kier alpha value is -1.59. The Morgan fingerprint density at radius 1 is 1.03 bits per heavy atom. The van der Waals surface area contributed by atoms with E-state index in [1.165, 1.54) is 25.3 Å². The molecule has 0 aliphatic heterocycles. The van der Waals surface area contributed by atoms with Crippen molar-refractivity contribution < 1.29 is 79.0 Å². The number of nitrogens with zero attached hydrogens (tertiary/aromatic N) is 3. The molecule has 0 aliphatic carbocycles. The fraction of sp³-hybridized carbons (Fsp3) is 0.333. The third-order valence-corrected chi connectivity index (χ3v) is 4.27. The number of hydrogen-bond donors (Lipinski definition) is 0. The maximum Gasteiger partial charge on any atom is 1.00 e. The van der Waals surface area contributed by atoms with E-state index in [2.05, 4.69) is 20.4 Å². The van der Waals surface area contributed by atoms with Crippen molar-refractivity contribution in [3.05, 3.63) is 69.5 Å². The first-order chi connectivity index (χ1) is 14.2. The molecule has 2 aromatic rings. The second-order valence-corrected chi connectivity index (χ2v) is 6.40. The summed E-state index contributed by atoms with van der Waals surface area (Å²) in [4.78, 5) is 10.4. The molecule has 0 saturated heterocycles. The van der Waals surface area contributed by atoms with Gasteiger partial charge in [0.05, 0.1) is 12.8 Å². The van der Waals surface area contributed by atoms with Gasteiger partial charge in [-0.3, -0.25) is 5.16 Å². The van der Waals surface area contributed by atoms with Gasteiger partial charge in [0.1, 0.15) is 12.4 Å². The summed E-state index contributed by atoms with van der Waals surface area (Å²) in [7, 11) is 3.06. The summed E-state index contributed by atoms with van der Waals surface area (Å²) >= 11 is 0. The van der Waals surface area contributed by atoms with E-state index in [1.54, 1.807) is 20.9 Å². The molecule has 0 fully saturated rings. The Kier molecular flexibility index (Phi) is 11.0. The van der Waals surface area contributed by atoms with Gasteiger partial charge in [0.15, 0.2) is 0 Å². The third-order valence-electron chi connectivity index (χ3n) is 4.27. The fourth-order valence-electron chi connectivity index (χ4n) is 2.88. The van der Waals surface area contributed by atoms with Crippen molar-refractivity contribution in [2.24, 2.45) is 10.3 Å². The van der Waals surface area contributed by atoms with E-state index in [-0.39, 0.29) is 63.7 Å². The topological polar surface area (TPSA) is 66.5 Å². The van der Waals surface area contributed by atoms with Gasteiger partial charge in [0, 0.05) is 11.1 Å². The van der Waals surface area contributed by atoms with Gasteiger partial charge < -0.3 is 19.7 Å². The minimum absolute atomic E-state index is 0. The number of ether oxygens (including phenoxy) is 1. The number of aryl methyl sites for hydroxylation is 2. The maximum absolute atomic E-state index is 12.4. The molecule has 0 unspecified atom stereocenters. The molecule has 0 bridgehead atoms. The smallest absolute Gasteiger partial charge is 0.497 e. The van der Waals surface area contributed by atoms with Crippen LogP contribution in [0.15, 0.2) is 46.7 Å². The van der Waals surface area contributed by atoms with Crippen molar-refractivity contribution in [2.75, 3.05) is 14.2 Å². The van der Waals surface area contributed by atoms with Crippen LogP contribution >= 0.6 is 0 Å². The molecular formula is C21H23F3KN3O3. The Balaban J connectivity index is 0.00000480. The zero-order chi connectivity index (χ0) is 22.3. The number of amidine groups is 1. The van der Waals surface area contributed by atoms with Crippen molar-refractivity contribution in [2.45, 2.75) is 33.7 Å². The number of benzene rings is 2. The van der Waals surface area contributed by atoms with Crippen LogP contribution in [0.1, 0.15) is 34.7 Å². The van der Waals surface area contributed by atoms with Crippen LogP contribution in [0.4, 0.5) is 13.2 Å². The molecule has 0 spiro atoms. The molecule has 0 radical (unpaired) electrons. The summed E-state index contributed by atoms with van der Waals surface area (Å²) in [6.07, 6.45) is -4.73. The average Bonchev–Trinajstić information content (AvgIpc) is 2.66. The van der Waals surface area contributed by atoms with Crippen LogP contribution in [0.25, 0.3) is 5.32 Å². The average molecular weight is 462 g/mol. The van der Waals surface area contributed by atoms with Gasteiger partial charge in [0.25, 0.3) is 0 Å². The van der Waals surface area contributed by atoms with E-state index in [0.29, 0.717) is 22.7 Å². The van der Waals surface area contributed by atoms with Crippen LogP contribution < -0.4 is 56.1 Å². The van der Waals surface area contributed by atoms with Gasteiger partial charge in [-0.2, -0.15) is 0 Å². The molecule has 0 atom stereocenters.